The van der Waals surface area contributed by atoms with Crippen LogP contribution in [-0.4, -0.2) is 31.8 Å². The van der Waals surface area contributed by atoms with Crippen LogP contribution in [0.15, 0.2) is 48.5 Å². The summed E-state index contributed by atoms with van der Waals surface area (Å²) < 4.78 is 25.0. The summed E-state index contributed by atoms with van der Waals surface area (Å²) in [5.41, 5.74) is 1.60. The minimum atomic E-state index is -3.68. The number of carbonyl (C=O) groups excluding carboxylic acids is 3. The highest BCUT2D eigenvalue weighted by molar-refractivity contribution is 7.94. The second kappa shape index (κ2) is 6.96. The topological polar surface area (TPSA) is 101 Å². The van der Waals surface area contributed by atoms with E-state index in [1.807, 2.05) is 0 Å². The van der Waals surface area contributed by atoms with Gasteiger partial charge in [-0.25, -0.2) is 12.7 Å². The molecule has 1 atom stereocenters. The fraction of sp³-hybridized carbons (Fsp3) is 0.211. The highest BCUT2D eigenvalue weighted by atomic mass is 32.2. The number of hydrogen-bond donors (Lipinski definition) is 1. The fourth-order valence-electron chi connectivity index (χ4n) is 2.83. The summed E-state index contributed by atoms with van der Waals surface area (Å²) in [6, 6.07) is 12.3. The SMILES string of the molecule is CC(=O)c1ccc(NC(=O)c2ccc(N3C(=O)C(C)CS3(=O)=O)cc2)cc1. The van der Waals surface area contributed by atoms with Crippen LogP contribution in [0.4, 0.5) is 11.4 Å². The molecule has 7 nitrogen and oxygen atoms in total. The molecule has 2 amide bonds. The number of benzene rings is 2. The summed E-state index contributed by atoms with van der Waals surface area (Å²) in [7, 11) is -3.68. The van der Waals surface area contributed by atoms with Crippen LogP contribution >= 0.6 is 0 Å². The van der Waals surface area contributed by atoms with Crippen LogP contribution in [0.2, 0.25) is 0 Å². The zero-order chi connectivity index (χ0) is 19.8. The van der Waals surface area contributed by atoms with Crippen molar-refractivity contribution in [3.63, 3.8) is 0 Å². The first kappa shape index (κ1) is 18.8. The van der Waals surface area contributed by atoms with Crippen molar-refractivity contribution in [3.8, 4) is 0 Å². The van der Waals surface area contributed by atoms with Crippen molar-refractivity contribution in [3.05, 3.63) is 59.7 Å². The zero-order valence-electron chi connectivity index (χ0n) is 14.8. The quantitative estimate of drug-likeness (QED) is 0.814. The van der Waals surface area contributed by atoms with Gasteiger partial charge in [-0.05, 0) is 55.5 Å². The van der Waals surface area contributed by atoms with Crippen LogP contribution in [0, 0.1) is 5.92 Å². The lowest BCUT2D eigenvalue weighted by atomic mass is 10.1. The Kier molecular flexibility index (Phi) is 4.84. The van der Waals surface area contributed by atoms with Gasteiger partial charge in [0.2, 0.25) is 15.9 Å². The van der Waals surface area contributed by atoms with Gasteiger partial charge < -0.3 is 5.32 Å². The summed E-state index contributed by atoms with van der Waals surface area (Å²) in [6.45, 7) is 3.03. The third kappa shape index (κ3) is 3.75. The van der Waals surface area contributed by atoms with Crippen LogP contribution in [0.3, 0.4) is 0 Å². The van der Waals surface area contributed by atoms with E-state index < -0.39 is 21.8 Å². The number of anilines is 2. The van der Waals surface area contributed by atoms with Crippen molar-refractivity contribution >= 4 is 39.0 Å². The molecule has 1 unspecified atom stereocenters. The molecule has 0 spiro atoms. The van der Waals surface area contributed by atoms with E-state index in [-0.39, 0.29) is 23.1 Å². The highest BCUT2D eigenvalue weighted by Crippen LogP contribution is 2.28. The van der Waals surface area contributed by atoms with Crippen LogP contribution in [0.1, 0.15) is 34.6 Å². The second-order valence-corrected chi connectivity index (χ2v) is 8.28. The number of amides is 2. The third-order valence-corrected chi connectivity index (χ3v) is 6.14. The lowest BCUT2D eigenvalue weighted by molar-refractivity contribution is -0.119. The molecule has 27 heavy (non-hydrogen) atoms. The van der Waals surface area contributed by atoms with E-state index in [0.29, 0.717) is 16.8 Å². The normalized spacial score (nSPS) is 18.4. The van der Waals surface area contributed by atoms with Crippen molar-refractivity contribution in [1.82, 2.24) is 0 Å². The van der Waals surface area contributed by atoms with Crippen LogP contribution in [0.25, 0.3) is 0 Å². The van der Waals surface area contributed by atoms with Gasteiger partial charge in [0.15, 0.2) is 5.78 Å². The molecule has 8 heteroatoms. The Balaban J connectivity index is 1.76. The molecule has 0 aromatic heterocycles. The first-order valence-electron chi connectivity index (χ1n) is 8.28. The van der Waals surface area contributed by atoms with E-state index in [1.165, 1.54) is 31.2 Å². The summed E-state index contributed by atoms with van der Waals surface area (Å²) in [5.74, 6) is -1.73. The summed E-state index contributed by atoms with van der Waals surface area (Å²) in [4.78, 5) is 35.7. The average molecular weight is 386 g/mol. The van der Waals surface area contributed by atoms with E-state index in [9.17, 15) is 22.8 Å². The maximum absolute atomic E-state index is 12.3. The number of carbonyl (C=O) groups is 3. The molecule has 1 heterocycles. The predicted molar refractivity (Wildman–Crippen MR) is 101 cm³/mol. The second-order valence-electron chi connectivity index (χ2n) is 6.42. The Morgan fingerprint density at radius 2 is 1.56 bits per heavy atom. The van der Waals surface area contributed by atoms with Gasteiger partial charge in [0.1, 0.15) is 0 Å². The minimum absolute atomic E-state index is 0.0656. The average Bonchev–Trinajstić information content (AvgIpc) is 2.82. The Hall–Kier alpha value is -3.00. The number of Topliss-reactive ketones (excluding diaryl/α,β-unsaturated/α-hetero) is 1. The predicted octanol–water partition coefficient (Wildman–Crippen LogP) is 2.45. The van der Waals surface area contributed by atoms with E-state index in [0.717, 1.165) is 4.31 Å². The zero-order valence-corrected chi connectivity index (χ0v) is 15.6. The maximum Gasteiger partial charge on any atom is 0.255 e. The first-order valence-corrected chi connectivity index (χ1v) is 9.89. The van der Waals surface area contributed by atoms with Crippen molar-refractivity contribution in [2.75, 3.05) is 15.4 Å². The van der Waals surface area contributed by atoms with E-state index >= 15 is 0 Å². The number of sulfonamides is 1. The summed E-state index contributed by atoms with van der Waals surface area (Å²) in [6.07, 6.45) is 0. The third-order valence-electron chi connectivity index (χ3n) is 4.27. The molecule has 1 aliphatic rings. The number of ketones is 1. The molecule has 0 aliphatic carbocycles. The molecule has 2 aromatic rings. The smallest absolute Gasteiger partial charge is 0.255 e. The first-order chi connectivity index (χ1) is 12.7. The maximum atomic E-state index is 12.3. The van der Waals surface area contributed by atoms with Crippen LogP contribution in [0.5, 0.6) is 0 Å². The molecular weight excluding hydrogens is 368 g/mol. The Morgan fingerprint density at radius 3 is 2.04 bits per heavy atom. The minimum Gasteiger partial charge on any atom is -0.322 e. The molecule has 1 fully saturated rings. The molecule has 3 rings (SSSR count). The molecule has 1 aliphatic heterocycles. The van der Waals surface area contributed by atoms with Crippen molar-refractivity contribution in [2.24, 2.45) is 5.92 Å². The van der Waals surface area contributed by atoms with Gasteiger partial charge in [0.05, 0.1) is 17.4 Å². The van der Waals surface area contributed by atoms with Crippen molar-refractivity contribution in [2.45, 2.75) is 13.8 Å². The van der Waals surface area contributed by atoms with E-state index in [2.05, 4.69) is 5.32 Å². The largest absolute Gasteiger partial charge is 0.322 e. The van der Waals surface area contributed by atoms with E-state index in [1.54, 1.807) is 31.2 Å². The lowest BCUT2D eigenvalue weighted by Gasteiger charge is -2.15. The Bertz CT molecular complexity index is 1010. The standard InChI is InChI=1S/C19H18N2O5S/c1-12-11-27(25,26)21(19(12)24)17-9-5-15(6-10-17)18(23)20-16-7-3-14(4-8-16)13(2)22/h3-10,12H,11H2,1-2H3,(H,20,23). The molecular formula is C19H18N2O5S. The van der Waals surface area contributed by atoms with Gasteiger partial charge in [-0.2, -0.15) is 0 Å². The summed E-state index contributed by atoms with van der Waals surface area (Å²) in [5, 5.41) is 2.70. The number of nitrogens with one attached hydrogen (secondary N) is 1. The molecule has 1 saturated heterocycles. The van der Waals surface area contributed by atoms with Crippen molar-refractivity contribution in [1.29, 1.82) is 0 Å². The lowest BCUT2D eigenvalue weighted by Crippen LogP contribution is -2.30. The van der Waals surface area contributed by atoms with Gasteiger partial charge >= 0.3 is 0 Å². The molecule has 140 valence electrons. The van der Waals surface area contributed by atoms with Gasteiger partial charge in [-0.3, -0.25) is 14.4 Å². The Labute approximate surface area is 157 Å². The van der Waals surface area contributed by atoms with Gasteiger partial charge in [0.25, 0.3) is 5.91 Å². The molecule has 0 radical (unpaired) electrons. The van der Waals surface area contributed by atoms with Gasteiger partial charge in [-0.1, -0.05) is 6.92 Å². The molecule has 2 aromatic carbocycles. The van der Waals surface area contributed by atoms with Gasteiger partial charge in [0, 0.05) is 16.8 Å². The van der Waals surface area contributed by atoms with Crippen LogP contribution < -0.4 is 9.62 Å². The number of nitrogens with zero attached hydrogens (tertiary/aromatic N) is 1. The monoisotopic (exact) mass is 386 g/mol. The Morgan fingerprint density at radius 1 is 1.00 bits per heavy atom. The number of hydrogen-bond acceptors (Lipinski definition) is 5. The molecule has 0 saturated carbocycles. The van der Waals surface area contributed by atoms with Crippen molar-refractivity contribution < 1.29 is 22.8 Å². The fourth-order valence-corrected chi connectivity index (χ4v) is 4.65. The van der Waals surface area contributed by atoms with Gasteiger partial charge in [-0.15, -0.1) is 0 Å². The molecule has 0 bridgehead atoms. The summed E-state index contributed by atoms with van der Waals surface area (Å²) >= 11 is 0. The highest BCUT2D eigenvalue weighted by Gasteiger charge is 2.41. The molecule has 1 N–H and O–H groups in total. The van der Waals surface area contributed by atoms with Crippen LogP contribution in [-0.2, 0) is 14.8 Å². The number of rotatable bonds is 4. The van der Waals surface area contributed by atoms with E-state index in [4.69, 9.17) is 0 Å².